The first-order valence-corrected chi connectivity index (χ1v) is 8.79. The third-order valence-corrected chi connectivity index (χ3v) is 5.79. The topological polar surface area (TPSA) is 23.6 Å². The number of halogens is 1. The molecule has 0 N–H and O–H groups in total. The molecule has 3 rings (SSSR count). The van der Waals surface area contributed by atoms with Gasteiger partial charge in [0.05, 0.1) is 0 Å². The highest BCUT2D eigenvalue weighted by molar-refractivity contribution is 6.30. The van der Waals surface area contributed by atoms with Crippen molar-refractivity contribution in [3.8, 4) is 0 Å². The van der Waals surface area contributed by atoms with Gasteiger partial charge >= 0.3 is 0 Å². The summed E-state index contributed by atoms with van der Waals surface area (Å²) in [5, 5.41) is -0.404. The van der Waals surface area contributed by atoms with E-state index in [1.807, 2.05) is 6.92 Å². The minimum Gasteiger partial charge on any atom is -0.338 e. The summed E-state index contributed by atoms with van der Waals surface area (Å²) in [5.74, 6) is 2.25. The Morgan fingerprint density at radius 3 is 2.57 bits per heavy atom. The number of likely N-dealkylation sites (tertiary alicyclic amines) is 1. The van der Waals surface area contributed by atoms with E-state index in [9.17, 15) is 4.79 Å². The van der Waals surface area contributed by atoms with Crippen molar-refractivity contribution in [2.45, 2.75) is 44.0 Å². The fourth-order valence-electron chi connectivity index (χ4n) is 4.31. The Morgan fingerprint density at radius 1 is 1.33 bits per heavy atom. The van der Waals surface area contributed by atoms with Gasteiger partial charge in [-0.15, -0.1) is 11.6 Å². The maximum absolute atomic E-state index is 12.6. The van der Waals surface area contributed by atoms with Gasteiger partial charge in [0.2, 0.25) is 5.91 Å². The van der Waals surface area contributed by atoms with Crippen molar-refractivity contribution in [2.24, 2.45) is 17.8 Å². The van der Waals surface area contributed by atoms with Crippen molar-refractivity contribution < 1.29 is 4.79 Å². The highest BCUT2D eigenvalue weighted by Crippen LogP contribution is 2.44. The van der Waals surface area contributed by atoms with E-state index in [-0.39, 0.29) is 5.91 Å². The van der Waals surface area contributed by atoms with Crippen LogP contribution in [-0.2, 0) is 4.79 Å². The second-order valence-electron chi connectivity index (χ2n) is 7.18. The summed E-state index contributed by atoms with van der Waals surface area (Å²) >= 11 is 6.12. The summed E-state index contributed by atoms with van der Waals surface area (Å²) in [4.78, 5) is 17.1. The predicted molar refractivity (Wildman–Crippen MR) is 86.4 cm³/mol. The molecule has 0 aromatic rings. The molecule has 2 fully saturated rings. The lowest BCUT2D eigenvalue weighted by atomic mass is 9.91. The molecule has 1 heterocycles. The Bertz CT molecular complexity index is 415. The van der Waals surface area contributed by atoms with E-state index in [4.69, 9.17) is 11.6 Å². The van der Waals surface area contributed by atoms with Gasteiger partial charge in [0, 0.05) is 12.6 Å². The molecule has 0 radical (unpaired) electrons. The Morgan fingerprint density at radius 2 is 2.05 bits per heavy atom. The second kappa shape index (κ2) is 6.29. The van der Waals surface area contributed by atoms with Crippen LogP contribution in [0.25, 0.3) is 0 Å². The van der Waals surface area contributed by atoms with E-state index in [1.54, 1.807) is 0 Å². The molecule has 3 nitrogen and oxygen atoms in total. The third-order valence-electron chi connectivity index (χ3n) is 5.60. The maximum Gasteiger partial charge on any atom is 0.240 e. The Balaban J connectivity index is 1.67. The Labute approximate surface area is 133 Å². The summed E-state index contributed by atoms with van der Waals surface area (Å²) in [6.45, 7) is 4.89. The zero-order valence-electron chi connectivity index (χ0n) is 13.2. The number of hydrogen-bond acceptors (Lipinski definition) is 2. The van der Waals surface area contributed by atoms with E-state index in [2.05, 4.69) is 29.0 Å². The molecule has 2 bridgehead atoms. The van der Waals surface area contributed by atoms with Crippen molar-refractivity contribution in [1.82, 2.24) is 9.80 Å². The first-order chi connectivity index (χ1) is 10.0. The van der Waals surface area contributed by atoms with Crippen LogP contribution in [-0.4, -0.2) is 53.8 Å². The average Bonchev–Trinajstić information content (AvgIpc) is 3.07. The van der Waals surface area contributed by atoms with Gasteiger partial charge in [0.25, 0.3) is 0 Å². The van der Waals surface area contributed by atoms with E-state index in [0.717, 1.165) is 38.4 Å². The Hall–Kier alpha value is -0.540. The lowest BCUT2D eigenvalue weighted by Gasteiger charge is -2.40. The highest BCUT2D eigenvalue weighted by Gasteiger charge is 2.39. The fraction of sp³-hybridized carbons (Fsp3) is 0.824. The first-order valence-electron chi connectivity index (χ1n) is 8.36. The molecule has 4 heteroatoms. The standard InChI is InChI=1S/C17H27ClN2O/c1-12(18)17(21)20(16-5-7-19(2)8-6-16)11-15-10-13-3-4-14(15)9-13/h3-4,12-16H,5-11H2,1-2H3. The minimum atomic E-state index is -0.404. The number of alkyl halides is 1. The van der Waals surface area contributed by atoms with Crippen LogP contribution in [0.4, 0.5) is 0 Å². The molecule has 1 saturated carbocycles. The van der Waals surface area contributed by atoms with Crippen molar-refractivity contribution in [3.05, 3.63) is 12.2 Å². The van der Waals surface area contributed by atoms with Crippen LogP contribution in [0.2, 0.25) is 0 Å². The van der Waals surface area contributed by atoms with Gasteiger partial charge in [-0.05, 0) is 70.5 Å². The minimum absolute atomic E-state index is 0.137. The van der Waals surface area contributed by atoms with Crippen LogP contribution in [0.1, 0.15) is 32.6 Å². The first kappa shape index (κ1) is 15.4. The van der Waals surface area contributed by atoms with Crippen LogP contribution < -0.4 is 0 Å². The van der Waals surface area contributed by atoms with Gasteiger partial charge in [-0.2, -0.15) is 0 Å². The molecule has 1 amide bonds. The van der Waals surface area contributed by atoms with Crippen LogP contribution in [0, 0.1) is 17.8 Å². The lowest BCUT2D eigenvalue weighted by molar-refractivity contribution is -0.134. The maximum atomic E-state index is 12.6. The molecular formula is C17H27ClN2O. The predicted octanol–water partition coefficient (Wildman–Crippen LogP) is 2.75. The molecule has 118 valence electrons. The van der Waals surface area contributed by atoms with Crippen molar-refractivity contribution in [3.63, 3.8) is 0 Å². The molecule has 0 aromatic heterocycles. The van der Waals surface area contributed by atoms with Gasteiger partial charge in [-0.1, -0.05) is 12.2 Å². The summed E-state index contributed by atoms with van der Waals surface area (Å²) in [6, 6.07) is 0.387. The number of hydrogen-bond donors (Lipinski definition) is 0. The number of amides is 1. The molecule has 1 saturated heterocycles. The van der Waals surface area contributed by atoms with Gasteiger partial charge in [-0.25, -0.2) is 0 Å². The second-order valence-corrected chi connectivity index (χ2v) is 7.84. The number of nitrogens with zero attached hydrogens (tertiary/aromatic N) is 2. The molecule has 21 heavy (non-hydrogen) atoms. The van der Waals surface area contributed by atoms with E-state index >= 15 is 0 Å². The smallest absolute Gasteiger partial charge is 0.240 e. The van der Waals surface area contributed by atoms with E-state index in [0.29, 0.717) is 17.9 Å². The molecule has 1 aliphatic heterocycles. The Kier molecular flexibility index (Phi) is 4.60. The summed E-state index contributed by atoms with van der Waals surface area (Å²) in [5.41, 5.74) is 0. The highest BCUT2D eigenvalue weighted by atomic mass is 35.5. The number of piperidine rings is 1. The lowest BCUT2D eigenvalue weighted by Crippen LogP contribution is -2.50. The number of rotatable bonds is 4. The number of allylic oxidation sites excluding steroid dienone is 2. The van der Waals surface area contributed by atoms with Gasteiger partial charge in [0.1, 0.15) is 5.38 Å². The number of carbonyl (C=O) groups is 1. The van der Waals surface area contributed by atoms with Gasteiger partial charge < -0.3 is 9.80 Å². The molecule has 0 spiro atoms. The van der Waals surface area contributed by atoms with E-state index < -0.39 is 5.38 Å². The molecule has 0 aromatic carbocycles. The van der Waals surface area contributed by atoms with Crippen LogP contribution >= 0.6 is 11.6 Å². The van der Waals surface area contributed by atoms with Gasteiger partial charge in [0.15, 0.2) is 0 Å². The molecule has 2 aliphatic carbocycles. The molecule has 3 aliphatic rings. The normalized spacial score (nSPS) is 34.3. The summed E-state index contributed by atoms with van der Waals surface area (Å²) in [7, 11) is 2.16. The fourth-order valence-corrected chi connectivity index (χ4v) is 4.44. The van der Waals surface area contributed by atoms with Crippen LogP contribution in [0.15, 0.2) is 12.2 Å². The van der Waals surface area contributed by atoms with Crippen LogP contribution in [0.5, 0.6) is 0 Å². The zero-order chi connectivity index (χ0) is 15.0. The molecule has 4 unspecified atom stereocenters. The quantitative estimate of drug-likeness (QED) is 0.589. The van der Waals surface area contributed by atoms with Crippen molar-refractivity contribution >= 4 is 17.5 Å². The number of fused-ring (bicyclic) bond motifs is 2. The molecular weight excluding hydrogens is 284 g/mol. The summed E-state index contributed by atoms with van der Waals surface area (Å²) < 4.78 is 0. The van der Waals surface area contributed by atoms with E-state index in [1.165, 1.54) is 12.8 Å². The van der Waals surface area contributed by atoms with Crippen molar-refractivity contribution in [2.75, 3.05) is 26.7 Å². The zero-order valence-corrected chi connectivity index (χ0v) is 13.9. The third kappa shape index (κ3) is 3.29. The van der Waals surface area contributed by atoms with Crippen LogP contribution in [0.3, 0.4) is 0 Å². The SMILES string of the molecule is CC(Cl)C(=O)N(CC1CC2C=CC1C2)C1CCN(C)CC1. The van der Waals surface area contributed by atoms with Gasteiger partial charge in [-0.3, -0.25) is 4.79 Å². The monoisotopic (exact) mass is 310 g/mol. The largest absolute Gasteiger partial charge is 0.338 e. The molecule has 4 atom stereocenters. The number of carbonyl (C=O) groups excluding carboxylic acids is 1. The van der Waals surface area contributed by atoms with Crippen molar-refractivity contribution in [1.29, 1.82) is 0 Å². The average molecular weight is 311 g/mol. The summed E-state index contributed by atoms with van der Waals surface area (Å²) in [6.07, 6.45) is 9.48.